The molecule has 1 N–H and O–H groups in total. The first-order valence-corrected chi connectivity index (χ1v) is 7.30. The number of aromatic nitrogens is 1. The molecule has 0 radical (unpaired) electrons. The van der Waals surface area contributed by atoms with E-state index in [-0.39, 0.29) is 5.91 Å². The second-order valence-electron chi connectivity index (χ2n) is 5.29. The summed E-state index contributed by atoms with van der Waals surface area (Å²) in [5.74, 6) is -0.0946. The van der Waals surface area contributed by atoms with Crippen molar-refractivity contribution >= 4 is 23.5 Å². The number of anilines is 1. The van der Waals surface area contributed by atoms with Crippen LogP contribution in [0.1, 0.15) is 29.4 Å². The number of nitrogens with zero attached hydrogens (tertiary/aromatic N) is 3. The Labute approximate surface area is 129 Å². The van der Waals surface area contributed by atoms with E-state index in [1.165, 1.54) is 0 Å². The maximum atomic E-state index is 12.4. The summed E-state index contributed by atoms with van der Waals surface area (Å²) in [6, 6.07) is 9.67. The monoisotopic (exact) mass is 294 g/mol. The van der Waals surface area contributed by atoms with Crippen molar-refractivity contribution in [3.8, 4) is 0 Å². The van der Waals surface area contributed by atoms with Gasteiger partial charge in [-0.15, -0.1) is 5.10 Å². The summed E-state index contributed by atoms with van der Waals surface area (Å²) in [4.78, 5) is 17.4. The minimum Gasteiger partial charge on any atom is -0.362 e. The van der Waals surface area contributed by atoms with Crippen LogP contribution in [0.5, 0.6) is 0 Å². The molecule has 0 aliphatic carbocycles. The highest BCUT2D eigenvalue weighted by Crippen LogP contribution is 2.28. The summed E-state index contributed by atoms with van der Waals surface area (Å²) in [6.07, 6.45) is 1.68. The standard InChI is InChI=1S/C17H18N4O/c1-4-21-15-8-6-5-7-14(15)16(17(21)22)20-18-10-13-9-11(2)19-12(13)3/h5-10,19H,4H2,1-3H3/b18-10+,20-16+. The van der Waals surface area contributed by atoms with Crippen LogP contribution in [0.25, 0.3) is 0 Å². The molecule has 1 aromatic heterocycles. The molecule has 3 rings (SSSR count). The average Bonchev–Trinajstić information content (AvgIpc) is 2.96. The Morgan fingerprint density at radius 2 is 2.05 bits per heavy atom. The molecule has 0 bridgehead atoms. The second kappa shape index (κ2) is 5.60. The highest BCUT2D eigenvalue weighted by Gasteiger charge is 2.32. The third-order valence-electron chi connectivity index (χ3n) is 3.76. The van der Waals surface area contributed by atoms with Crippen molar-refractivity contribution in [3.05, 3.63) is 52.8 Å². The van der Waals surface area contributed by atoms with Crippen molar-refractivity contribution in [2.24, 2.45) is 10.2 Å². The minimum atomic E-state index is -0.0946. The first-order chi connectivity index (χ1) is 10.6. The topological polar surface area (TPSA) is 60.8 Å². The summed E-state index contributed by atoms with van der Waals surface area (Å²) >= 11 is 0. The zero-order valence-corrected chi connectivity index (χ0v) is 12.9. The van der Waals surface area contributed by atoms with Gasteiger partial charge in [0.15, 0.2) is 5.71 Å². The largest absolute Gasteiger partial charge is 0.362 e. The van der Waals surface area contributed by atoms with Crippen LogP contribution < -0.4 is 4.90 Å². The molecule has 1 aliphatic rings. The number of para-hydroxylation sites is 1. The van der Waals surface area contributed by atoms with E-state index >= 15 is 0 Å². The number of likely N-dealkylation sites (N-methyl/N-ethyl adjacent to an activating group) is 1. The van der Waals surface area contributed by atoms with Gasteiger partial charge in [-0.25, -0.2) is 0 Å². The fraction of sp³-hybridized carbons (Fsp3) is 0.235. The fourth-order valence-corrected chi connectivity index (χ4v) is 2.70. The molecule has 112 valence electrons. The molecular formula is C17H18N4O. The van der Waals surface area contributed by atoms with Crippen LogP contribution in [0.3, 0.4) is 0 Å². The number of amides is 1. The molecule has 0 saturated carbocycles. The number of carbonyl (C=O) groups excluding carboxylic acids is 1. The van der Waals surface area contributed by atoms with E-state index < -0.39 is 0 Å². The molecule has 1 aliphatic heterocycles. The quantitative estimate of drug-likeness (QED) is 0.686. The number of aromatic amines is 1. The molecule has 0 fully saturated rings. The van der Waals surface area contributed by atoms with E-state index in [4.69, 9.17) is 0 Å². The summed E-state index contributed by atoms with van der Waals surface area (Å²) in [6.45, 7) is 6.55. The van der Waals surface area contributed by atoms with Crippen LogP contribution in [0, 0.1) is 13.8 Å². The molecule has 0 unspecified atom stereocenters. The Kier molecular flexibility index (Phi) is 3.63. The van der Waals surface area contributed by atoms with Gasteiger partial charge in [-0.2, -0.15) is 5.10 Å². The molecule has 1 amide bonds. The van der Waals surface area contributed by atoms with Crippen LogP contribution in [-0.2, 0) is 4.79 Å². The maximum Gasteiger partial charge on any atom is 0.279 e. The predicted octanol–water partition coefficient (Wildman–Crippen LogP) is 2.82. The van der Waals surface area contributed by atoms with Crippen LogP contribution in [0.15, 0.2) is 40.5 Å². The lowest BCUT2D eigenvalue weighted by atomic mass is 10.1. The van der Waals surface area contributed by atoms with E-state index in [0.29, 0.717) is 12.3 Å². The minimum absolute atomic E-state index is 0.0946. The molecule has 0 saturated heterocycles. The summed E-state index contributed by atoms with van der Waals surface area (Å²) in [5, 5.41) is 8.28. The van der Waals surface area contributed by atoms with Gasteiger partial charge >= 0.3 is 0 Å². The van der Waals surface area contributed by atoms with Gasteiger partial charge in [0, 0.05) is 29.1 Å². The lowest BCUT2D eigenvalue weighted by molar-refractivity contribution is -0.112. The van der Waals surface area contributed by atoms with Gasteiger partial charge < -0.3 is 9.88 Å². The molecule has 5 heteroatoms. The van der Waals surface area contributed by atoms with Crippen LogP contribution in [0.2, 0.25) is 0 Å². The maximum absolute atomic E-state index is 12.4. The molecule has 0 atom stereocenters. The third-order valence-corrected chi connectivity index (χ3v) is 3.76. The Morgan fingerprint density at radius 3 is 2.73 bits per heavy atom. The van der Waals surface area contributed by atoms with Crippen molar-refractivity contribution in [1.82, 2.24) is 4.98 Å². The summed E-state index contributed by atoms with van der Waals surface area (Å²) in [5.41, 5.74) is 5.23. The lowest BCUT2D eigenvalue weighted by Crippen LogP contribution is -2.29. The number of benzene rings is 1. The highest BCUT2D eigenvalue weighted by atomic mass is 16.2. The van der Waals surface area contributed by atoms with Crippen LogP contribution >= 0.6 is 0 Å². The van der Waals surface area contributed by atoms with Crippen molar-refractivity contribution in [2.45, 2.75) is 20.8 Å². The Bertz CT molecular complexity index is 786. The summed E-state index contributed by atoms with van der Waals surface area (Å²) in [7, 11) is 0. The number of nitrogens with one attached hydrogen (secondary N) is 1. The van der Waals surface area contributed by atoms with E-state index in [0.717, 1.165) is 28.2 Å². The second-order valence-corrected chi connectivity index (χ2v) is 5.29. The van der Waals surface area contributed by atoms with Crippen LogP contribution in [0.4, 0.5) is 5.69 Å². The smallest absolute Gasteiger partial charge is 0.279 e. The molecule has 22 heavy (non-hydrogen) atoms. The predicted molar refractivity (Wildman–Crippen MR) is 88.9 cm³/mol. The van der Waals surface area contributed by atoms with Gasteiger partial charge in [0.1, 0.15) is 0 Å². The number of rotatable bonds is 3. The Hall–Kier alpha value is -2.69. The fourth-order valence-electron chi connectivity index (χ4n) is 2.70. The molecule has 1 aromatic carbocycles. The number of hydrogen-bond acceptors (Lipinski definition) is 3. The number of hydrogen-bond donors (Lipinski definition) is 1. The third kappa shape index (κ3) is 2.35. The van der Waals surface area contributed by atoms with E-state index in [9.17, 15) is 4.79 Å². The molecular weight excluding hydrogens is 276 g/mol. The van der Waals surface area contributed by atoms with E-state index in [1.54, 1.807) is 11.1 Å². The number of carbonyl (C=O) groups is 1. The zero-order chi connectivity index (χ0) is 15.7. The number of aryl methyl sites for hydroxylation is 2. The molecule has 5 nitrogen and oxygen atoms in total. The van der Waals surface area contributed by atoms with Crippen molar-refractivity contribution in [3.63, 3.8) is 0 Å². The SMILES string of the molecule is CCN1C(=O)/C(=N/N=C/c2cc(C)[nH]c2C)c2ccccc21. The van der Waals surface area contributed by atoms with Crippen molar-refractivity contribution in [2.75, 3.05) is 11.4 Å². The highest BCUT2D eigenvalue weighted by molar-refractivity contribution is 6.54. The number of fused-ring (bicyclic) bond motifs is 1. The van der Waals surface area contributed by atoms with E-state index in [2.05, 4.69) is 15.2 Å². The van der Waals surface area contributed by atoms with Gasteiger partial charge in [0.2, 0.25) is 0 Å². The molecule has 2 aromatic rings. The molecule has 2 heterocycles. The molecule has 0 spiro atoms. The van der Waals surface area contributed by atoms with Gasteiger partial charge in [-0.05, 0) is 32.9 Å². The Balaban J connectivity index is 1.94. The van der Waals surface area contributed by atoms with Gasteiger partial charge in [-0.3, -0.25) is 4.79 Å². The van der Waals surface area contributed by atoms with Crippen LogP contribution in [-0.4, -0.2) is 29.4 Å². The number of H-pyrrole nitrogens is 1. The van der Waals surface area contributed by atoms with Gasteiger partial charge in [0.25, 0.3) is 5.91 Å². The first kappa shape index (κ1) is 14.3. The van der Waals surface area contributed by atoms with Gasteiger partial charge in [0.05, 0.1) is 11.9 Å². The lowest BCUT2D eigenvalue weighted by Gasteiger charge is -2.12. The van der Waals surface area contributed by atoms with Crippen molar-refractivity contribution < 1.29 is 4.79 Å². The summed E-state index contributed by atoms with van der Waals surface area (Å²) < 4.78 is 0. The average molecular weight is 294 g/mol. The van der Waals surface area contributed by atoms with E-state index in [1.807, 2.05) is 51.1 Å². The van der Waals surface area contributed by atoms with Gasteiger partial charge in [-0.1, -0.05) is 18.2 Å². The van der Waals surface area contributed by atoms with Crippen molar-refractivity contribution in [1.29, 1.82) is 0 Å². The zero-order valence-electron chi connectivity index (χ0n) is 12.9. The Morgan fingerprint density at radius 1 is 1.27 bits per heavy atom. The normalized spacial score (nSPS) is 16.0. The first-order valence-electron chi connectivity index (χ1n) is 7.30.